The van der Waals surface area contributed by atoms with Gasteiger partial charge in [-0.05, 0) is 29.7 Å². The third-order valence-corrected chi connectivity index (χ3v) is 2.83. The van der Waals surface area contributed by atoms with Crippen molar-refractivity contribution in [1.82, 2.24) is 0 Å². The third-order valence-electron chi connectivity index (χ3n) is 2.83. The Morgan fingerprint density at radius 2 is 1.88 bits per heavy atom. The van der Waals surface area contributed by atoms with Gasteiger partial charge in [-0.15, -0.1) is 0 Å². The highest BCUT2D eigenvalue weighted by atomic mass is 16.5. The van der Waals surface area contributed by atoms with E-state index in [9.17, 15) is 0 Å². The second-order valence-electron chi connectivity index (χ2n) is 5.15. The number of ether oxygens (including phenoxy) is 1. The molecule has 1 aliphatic rings. The largest absolute Gasteiger partial charge is 0.492 e. The zero-order chi connectivity index (χ0) is 11.6. The second kappa shape index (κ2) is 4.34. The molecule has 1 aromatic carbocycles. The SMILES string of the molecule is CC1(C)CN(c2ccc(OCCN)cc2)C1. The van der Waals surface area contributed by atoms with Gasteiger partial charge >= 0.3 is 0 Å². The zero-order valence-electron chi connectivity index (χ0n) is 10.1. The molecular formula is C13H20N2O. The van der Waals surface area contributed by atoms with Crippen LogP contribution in [0.5, 0.6) is 5.75 Å². The van der Waals surface area contributed by atoms with E-state index in [1.165, 1.54) is 5.69 Å². The molecule has 0 spiro atoms. The molecule has 2 rings (SSSR count). The minimum absolute atomic E-state index is 0.467. The van der Waals surface area contributed by atoms with Crippen molar-refractivity contribution in [1.29, 1.82) is 0 Å². The predicted octanol–water partition coefficient (Wildman–Crippen LogP) is 1.87. The average Bonchev–Trinajstić information content (AvgIpc) is 2.24. The van der Waals surface area contributed by atoms with Crippen LogP contribution in [-0.4, -0.2) is 26.2 Å². The van der Waals surface area contributed by atoms with E-state index in [-0.39, 0.29) is 0 Å². The molecule has 88 valence electrons. The average molecular weight is 220 g/mol. The lowest BCUT2D eigenvalue weighted by Gasteiger charge is -2.47. The van der Waals surface area contributed by atoms with Gasteiger partial charge in [0.25, 0.3) is 0 Å². The van der Waals surface area contributed by atoms with Crippen molar-refractivity contribution in [3.05, 3.63) is 24.3 Å². The van der Waals surface area contributed by atoms with E-state index in [2.05, 4.69) is 30.9 Å². The molecule has 3 nitrogen and oxygen atoms in total. The second-order valence-corrected chi connectivity index (χ2v) is 5.15. The molecule has 0 radical (unpaired) electrons. The van der Waals surface area contributed by atoms with Crippen molar-refractivity contribution in [2.24, 2.45) is 11.1 Å². The molecular weight excluding hydrogens is 200 g/mol. The highest BCUT2D eigenvalue weighted by Crippen LogP contribution is 2.33. The Morgan fingerprint density at radius 3 is 2.38 bits per heavy atom. The van der Waals surface area contributed by atoms with Crippen molar-refractivity contribution in [2.45, 2.75) is 13.8 Å². The summed E-state index contributed by atoms with van der Waals surface area (Å²) >= 11 is 0. The number of nitrogens with two attached hydrogens (primary N) is 1. The Morgan fingerprint density at radius 1 is 1.25 bits per heavy atom. The first kappa shape index (κ1) is 11.3. The topological polar surface area (TPSA) is 38.5 Å². The molecule has 0 unspecified atom stereocenters. The summed E-state index contributed by atoms with van der Waals surface area (Å²) in [6.07, 6.45) is 0. The first-order valence-electron chi connectivity index (χ1n) is 5.79. The van der Waals surface area contributed by atoms with Crippen molar-refractivity contribution in [3.8, 4) is 5.75 Å². The van der Waals surface area contributed by atoms with Gasteiger partial charge in [0.2, 0.25) is 0 Å². The molecule has 3 heteroatoms. The highest BCUT2D eigenvalue weighted by Gasteiger charge is 2.33. The van der Waals surface area contributed by atoms with Crippen molar-refractivity contribution < 1.29 is 4.74 Å². The van der Waals surface area contributed by atoms with E-state index in [1.807, 2.05) is 12.1 Å². The van der Waals surface area contributed by atoms with E-state index >= 15 is 0 Å². The molecule has 1 aliphatic heterocycles. The molecule has 0 aliphatic carbocycles. The minimum atomic E-state index is 0.467. The first-order valence-corrected chi connectivity index (χ1v) is 5.79. The van der Waals surface area contributed by atoms with E-state index in [4.69, 9.17) is 10.5 Å². The molecule has 1 saturated heterocycles. The van der Waals surface area contributed by atoms with Crippen LogP contribution in [-0.2, 0) is 0 Å². The fraction of sp³-hybridized carbons (Fsp3) is 0.538. The summed E-state index contributed by atoms with van der Waals surface area (Å²) in [6, 6.07) is 8.24. The fourth-order valence-electron chi connectivity index (χ4n) is 2.10. The van der Waals surface area contributed by atoms with Crippen LogP contribution in [0.2, 0.25) is 0 Å². The number of nitrogens with zero attached hydrogens (tertiary/aromatic N) is 1. The van der Waals surface area contributed by atoms with Gasteiger partial charge < -0.3 is 15.4 Å². The van der Waals surface area contributed by atoms with Gasteiger partial charge in [0.05, 0.1) is 0 Å². The van der Waals surface area contributed by atoms with Gasteiger partial charge in [0.15, 0.2) is 0 Å². The quantitative estimate of drug-likeness (QED) is 0.842. The van der Waals surface area contributed by atoms with Crippen LogP contribution in [0.3, 0.4) is 0 Å². The molecule has 0 atom stereocenters. The van der Waals surface area contributed by atoms with Gasteiger partial charge in [-0.3, -0.25) is 0 Å². The molecule has 0 saturated carbocycles. The summed E-state index contributed by atoms with van der Waals surface area (Å²) in [6.45, 7) is 7.99. The standard InChI is InChI=1S/C13H20N2O/c1-13(2)9-15(10-13)11-3-5-12(6-4-11)16-8-7-14/h3-6H,7-10,14H2,1-2H3. The van der Waals surface area contributed by atoms with Crippen LogP contribution in [0.25, 0.3) is 0 Å². The summed E-state index contributed by atoms with van der Waals surface area (Å²) in [4.78, 5) is 2.38. The summed E-state index contributed by atoms with van der Waals surface area (Å²) in [5.41, 5.74) is 7.13. The maximum Gasteiger partial charge on any atom is 0.119 e. The van der Waals surface area contributed by atoms with E-state index < -0.39 is 0 Å². The van der Waals surface area contributed by atoms with Crippen LogP contribution < -0.4 is 15.4 Å². The van der Waals surface area contributed by atoms with Crippen molar-refractivity contribution in [2.75, 3.05) is 31.1 Å². The van der Waals surface area contributed by atoms with Crippen LogP contribution in [0.1, 0.15) is 13.8 Å². The van der Waals surface area contributed by atoms with Crippen LogP contribution >= 0.6 is 0 Å². The number of anilines is 1. The monoisotopic (exact) mass is 220 g/mol. The lowest BCUT2D eigenvalue weighted by atomic mass is 9.84. The third kappa shape index (κ3) is 2.47. The van der Waals surface area contributed by atoms with E-state index in [0.717, 1.165) is 18.8 Å². The maximum absolute atomic E-state index is 5.44. The van der Waals surface area contributed by atoms with Crippen LogP contribution in [0.4, 0.5) is 5.69 Å². The lowest BCUT2D eigenvalue weighted by Crippen LogP contribution is -2.53. The number of hydrogen-bond donors (Lipinski definition) is 1. The molecule has 1 heterocycles. The van der Waals surface area contributed by atoms with Gasteiger partial charge in [-0.25, -0.2) is 0 Å². The van der Waals surface area contributed by atoms with Crippen LogP contribution in [0.15, 0.2) is 24.3 Å². The van der Waals surface area contributed by atoms with Gasteiger partial charge in [-0.2, -0.15) is 0 Å². The summed E-state index contributed by atoms with van der Waals surface area (Å²) < 4.78 is 5.44. The molecule has 0 amide bonds. The van der Waals surface area contributed by atoms with Crippen molar-refractivity contribution >= 4 is 5.69 Å². The fourth-order valence-corrected chi connectivity index (χ4v) is 2.10. The van der Waals surface area contributed by atoms with Crippen molar-refractivity contribution in [3.63, 3.8) is 0 Å². The molecule has 1 fully saturated rings. The summed E-state index contributed by atoms with van der Waals surface area (Å²) in [5, 5.41) is 0. The number of hydrogen-bond acceptors (Lipinski definition) is 3. The molecule has 1 aromatic rings. The normalized spacial score (nSPS) is 18.1. The predicted molar refractivity (Wildman–Crippen MR) is 67.0 cm³/mol. The molecule has 0 aromatic heterocycles. The Kier molecular flexibility index (Phi) is 3.06. The van der Waals surface area contributed by atoms with Crippen LogP contribution in [0, 0.1) is 5.41 Å². The number of benzene rings is 1. The van der Waals surface area contributed by atoms with Gasteiger partial charge in [0, 0.05) is 25.3 Å². The van der Waals surface area contributed by atoms with E-state index in [0.29, 0.717) is 18.6 Å². The summed E-state index contributed by atoms with van der Waals surface area (Å²) in [7, 11) is 0. The lowest BCUT2D eigenvalue weighted by molar-refractivity contribution is 0.276. The highest BCUT2D eigenvalue weighted by molar-refractivity contribution is 5.51. The Hall–Kier alpha value is -1.22. The smallest absolute Gasteiger partial charge is 0.119 e. The zero-order valence-corrected chi connectivity index (χ0v) is 10.1. The van der Waals surface area contributed by atoms with E-state index in [1.54, 1.807) is 0 Å². The Balaban J connectivity index is 1.93. The molecule has 16 heavy (non-hydrogen) atoms. The minimum Gasteiger partial charge on any atom is -0.492 e. The number of rotatable bonds is 4. The van der Waals surface area contributed by atoms with Gasteiger partial charge in [-0.1, -0.05) is 13.8 Å². The Bertz CT molecular complexity index is 337. The summed E-state index contributed by atoms with van der Waals surface area (Å²) in [5.74, 6) is 0.897. The first-order chi connectivity index (χ1) is 7.61. The maximum atomic E-state index is 5.44. The Labute approximate surface area is 97.2 Å². The van der Waals surface area contributed by atoms with Gasteiger partial charge in [0.1, 0.15) is 12.4 Å². The molecule has 2 N–H and O–H groups in total. The molecule has 0 bridgehead atoms.